The van der Waals surface area contributed by atoms with Crippen molar-refractivity contribution in [1.82, 2.24) is 9.97 Å². The molecule has 0 aliphatic rings. The summed E-state index contributed by atoms with van der Waals surface area (Å²) >= 11 is 0. The molecule has 0 saturated heterocycles. The Morgan fingerprint density at radius 2 is 1.50 bits per heavy atom. The number of unbranched alkanes of at least 4 members (excludes halogenated alkanes) is 2. The Bertz CT molecular complexity index is 423. The van der Waals surface area contributed by atoms with Crippen LogP contribution in [0.4, 0.5) is 5.95 Å². The third kappa shape index (κ3) is 7.41. The Labute approximate surface area is 149 Å². The topological polar surface area (TPSA) is 46.1 Å². The molecule has 4 heteroatoms. The molecule has 24 heavy (non-hydrogen) atoms. The summed E-state index contributed by atoms with van der Waals surface area (Å²) in [4.78, 5) is 23.2. The predicted octanol–water partition coefficient (Wildman–Crippen LogP) is 5.56. The second-order valence-electron chi connectivity index (χ2n) is 5.80. The van der Waals surface area contributed by atoms with Crippen molar-refractivity contribution in [3.05, 3.63) is 18.0 Å². The third-order valence-electron chi connectivity index (χ3n) is 4.03. The van der Waals surface area contributed by atoms with Crippen LogP contribution in [0.1, 0.15) is 92.1 Å². The number of carbonyl (C=O) groups is 1. The lowest BCUT2D eigenvalue weighted by atomic mass is 10.0. The molecule has 0 spiro atoms. The zero-order valence-corrected chi connectivity index (χ0v) is 16.6. The van der Waals surface area contributed by atoms with Gasteiger partial charge in [-0.15, -0.1) is 0 Å². The fourth-order valence-electron chi connectivity index (χ4n) is 2.59. The number of aromatic nitrogens is 2. The van der Waals surface area contributed by atoms with Crippen LogP contribution in [0, 0.1) is 0 Å². The van der Waals surface area contributed by atoms with Gasteiger partial charge in [0.1, 0.15) is 0 Å². The van der Waals surface area contributed by atoms with Crippen molar-refractivity contribution in [1.29, 1.82) is 0 Å². The molecule has 1 heterocycles. The summed E-state index contributed by atoms with van der Waals surface area (Å²) in [6.45, 7) is 12.4. The van der Waals surface area contributed by atoms with Crippen molar-refractivity contribution in [2.24, 2.45) is 0 Å². The number of anilines is 1. The van der Waals surface area contributed by atoms with E-state index in [1.54, 1.807) is 0 Å². The van der Waals surface area contributed by atoms with Crippen LogP contribution >= 0.6 is 0 Å². The van der Waals surface area contributed by atoms with Gasteiger partial charge < -0.3 is 0 Å². The lowest BCUT2D eigenvalue weighted by Crippen LogP contribution is -2.41. The van der Waals surface area contributed by atoms with Crippen LogP contribution < -0.4 is 4.90 Å². The molecule has 1 aromatic heterocycles. The van der Waals surface area contributed by atoms with Gasteiger partial charge in [-0.05, 0) is 24.8 Å². The first-order valence-corrected chi connectivity index (χ1v) is 9.80. The van der Waals surface area contributed by atoms with Crippen LogP contribution in [-0.2, 0) is 11.2 Å². The van der Waals surface area contributed by atoms with Gasteiger partial charge in [-0.25, -0.2) is 9.97 Å². The molecule has 0 saturated carbocycles. The van der Waals surface area contributed by atoms with Crippen molar-refractivity contribution in [2.45, 2.75) is 99.0 Å². The average molecular weight is 336 g/mol. The summed E-state index contributed by atoms with van der Waals surface area (Å²) in [7, 11) is 0. The molecule has 1 aromatic rings. The molecular formula is C20H37N3O. The molecule has 4 nitrogen and oxygen atoms in total. The van der Waals surface area contributed by atoms with E-state index in [9.17, 15) is 4.79 Å². The lowest BCUT2D eigenvalue weighted by molar-refractivity contribution is -0.119. The van der Waals surface area contributed by atoms with Crippen molar-refractivity contribution in [3.63, 3.8) is 0 Å². The molecule has 0 N–H and O–H groups in total. The molecule has 0 aromatic carbocycles. The van der Waals surface area contributed by atoms with Crippen LogP contribution in [0.5, 0.6) is 0 Å². The predicted molar refractivity (Wildman–Crippen MR) is 103 cm³/mol. The Morgan fingerprint density at radius 3 is 1.88 bits per heavy atom. The highest BCUT2D eigenvalue weighted by molar-refractivity contribution is 5.91. The number of hydrogen-bond acceptors (Lipinski definition) is 3. The highest BCUT2D eigenvalue weighted by Crippen LogP contribution is 2.21. The van der Waals surface area contributed by atoms with Crippen molar-refractivity contribution >= 4 is 11.9 Å². The number of amides is 1. The Morgan fingerprint density at radius 1 is 1.00 bits per heavy atom. The summed E-state index contributed by atoms with van der Waals surface area (Å²) in [6.07, 6.45) is 11.7. The molecule has 1 amide bonds. The summed E-state index contributed by atoms with van der Waals surface area (Å²) < 4.78 is 0. The highest BCUT2D eigenvalue weighted by atomic mass is 16.2. The molecule has 0 atom stereocenters. The quantitative estimate of drug-likeness (QED) is 0.562. The smallest absolute Gasteiger partial charge is 0.232 e. The maximum absolute atomic E-state index is 12.5. The summed E-state index contributed by atoms with van der Waals surface area (Å²) in [5.74, 6) is 0.697. The molecule has 0 unspecified atom stereocenters. The van der Waals surface area contributed by atoms with E-state index in [-0.39, 0.29) is 11.9 Å². The van der Waals surface area contributed by atoms with Gasteiger partial charge >= 0.3 is 0 Å². The Kier molecular flexibility index (Phi) is 13.1. The van der Waals surface area contributed by atoms with Gasteiger partial charge in [0.2, 0.25) is 11.9 Å². The molecule has 0 aliphatic heterocycles. The maximum atomic E-state index is 12.5. The minimum atomic E-state index is 0.126. The number of aryl methyl sites for hydroxylation is 1. The lowest BCUT2D eigenvalue weighted by Gasteiger charge is -2.30. The molecule has 0 fully saturated rings. The van der Waals surface area contributed by atoms with Gasteiger partial charge in [-0.3, -0.25) is 9.69 Å². The standard InChI is InChI=1S/C18H31N3O.C2H6/c1-5-9-11-16(12-10-6-2)21(17(22)8-4)18-19-13-15(7-3)14-20-18;1-2/h13-14,16H,5-12H2,1-4H3;1-2H3. The van der Waals surface area contributed by atoms with E-state index < -0.39 is 0 Å². The van der Waals surface area contributed by atoms with E-state index in [0.29, 0.717) is 12.4 Å². The number of hydrogen-bond donors (Lipinski definition) is 0. The molecular weight excluding hydrogens is 298 g/mol. The zero-order valence-electron chi connectivity index (χ0n) is 16.6. The minimum Gasteiger partial charge on any atom is -0.278 e. The summed E-state index contributed by atoms with van der Waals surface area (Å²) in [5, 5.41) is 0. The van der Waals surface area contributed by atoms with E-state index in [4.69, 9.17) is 0 Å². The van der Waals surface area contributed by atoms with Crippen molar-refractivity contribution in [3.8, 4) is 0 Å². The average Bonchev–Trinajstić information content (AvgIpc) is 2.65. The zero-order chi connectivity index (χ0) is 18.4. The van der Waals surface area contributed by atoms with Crippen molar-refractivity contribution in [2.75, 3.05) is 4.90 Å². The first-order chi connectivity index (χ1) is 11.7. The van der Waals surface area contributed by atoms with E-state index >= 15 is 0 Å². The van der Waals surface area contributed by atoms with Crippen LogP contribution in [0.3, 0.4) is 0 Å². The van der Waals surface area contributed by atoms with Gasteiger partial charge in [0, 0.05) is 24.9 Å². The van der Waals surface area contributed by atoms with Crippen LogP contribution in [0.2, 0.25) is 0 Å². The van der Waals surface area contributed by atoms with Gasteiger partial charge in [-0.2, -0.15) is 0 Å². The largest absolute Gasteiger partial charge is 0.278 e. The van der Waals surface area contributed by atoms with Gasteiger partial charge in [0.05, 0.1) is 0 Å². The molecule has 0 aliphatic carbocycles. The fraction of sp³-hybridized carbons (Fsp3) is 0.750. The normalized spacial score (nSPS) is 10.3. The molecule has 0 radical (unpaired) electrons. The van der Waals surface area contributed by atoms with Crippen LogP contribution in [0.15, 0.2) is 12.4 Å². The van der Waals surface area contributed by atoms with Crippen LogP contribution in [0.25, 0.3) is 0 Å². The monoisotopic (exact) mass is 335 g/mol. The van der Waals surface area contributed by atoms with Crippen LogP contribution in [-0.4, -0.2) is 21.9 Å². The number of rotatable bonds is 10. The summed E-state index contributed by atoms with van der Waals surface area (Å²) in [5.41, 5.74) is 1.10. The second-order valence-corrected chi connectivity index (χ2v) is 5.80. The third-order valence-corrected chi connectivity index (χ3v) is 4.03. The first kappa shape index (κ1) is 22.6. The van der Waals surface area contributed by atoms with E-state index in [2.05, 4.69) is 30.7 Å². The summed E-state index contributed by atoms with van der Waals surface area (Å²) in [6, 6.07) is 0.222. The van der Waals surface area contributed by atoms with E-state index in [1.165, 1.54) is 0 Å². The van der Waals surface area contributed by atoms with Crippen molar-refractivity contribution < 1.29 is 4.79 Å². The highest BCUT2D eigenvalue weighted by Gasteiger charge is 2.25. The first-order valence-electron chi connectivity index (χ1n) is 9.80. The van der Waals surface area contributed by atoms with Gasteiger partial charge in [0.25, 0.3) is 0 Å². The minimum absolute atomic E-state index is 0.126. The van der Waals surface area contributed by atoms with Gasteiger partial charge in [-0.1, -0.05) is 67.2 Å². The van der Waals surface area contributed by atoms with E-state index in [1.807, 2.05) is 38.1 Å². The van der Waals surface area contributed by atoms with Gasteiger partial charge in [0.15, 0.2) is 0 Å². The number of nitrogens with zero attached hydrogens (tertiary/aromatic N) is 3. The van der Waals surface area contributed by atoms with E-state index in [0.717, 1.165) is 50.5 Å². The molecule has 1 rings (SSSR count). The maximum Gasteiger partial charge on any atom is 0.232 e. The number of carbonyl (C=O) groups excluding carboxylic acids is 1. The second kappa shape index (κ2) is 13.9. The SMILES string of the molecule is CC.CCCCC(CCCC)N(C(=O)CC)c1ncc(CC)cn1. The Balaban J connectivity index is 0.00000254. The molecule has 138 valence electrons. The Hall–Kier alpha value is -1.45. The molecule has 0 bridgehead atoms. The fourth-order valence-corrected chi connectivity index (χ4v) is 2.59.